The van der Waals surface area contributed by atoms with Crippen molar-refractivity contribution < 1.29 is 5.11 Å². The van der Waals surface area contributed by atoms with E-state index in [1.54, 1.807) is 18.3 Å². The van der Waals surface area contributed by atoms with Crippen molar-refractivity contribution in [2.75, 3.05) is 0 Å². The number of fused-ring (bicyclic) bond motifs is 1. The standard InChI is InChI=1S/C9H6ClNO.BrH/c10-7-4-6-2-1-3-11-9(6)8(12)5-7;/h1-5,12H;1H. The number of hydrogen-bond acceptors (Lipinski definition) is 2. The predicted molar refractivity (Wildman–Crippen MR) is 58.7 cm³/mol. The molecule has 13 heavy (non-hydrogen) atoms. The molecule has 2 rings (SSSR count). The molecule has 0 fully saturated rings. The van der Waals surface area contributed by atoms with Crippen LogP contribution >= 0.6 is 28.6 Å². The first-order chi connectivity index (χ1) is 5.77. The van der Waals surface area contributed by atoms with E-state index in [9.17, 15) is 5.11 Å². The van der Waals surface area contributed by atoms with Crippen molar-refractivity contribution >= 4 is 39.5 Å². The van der Waals surface area contributed by atoms with E-state index < -0.39 is 0 Å². The molecule has 0 aliphatic carbocycles. The molecule has 0 aliphatic rings. The van der Waals surface area contributed by atoms with Gasteiger partial charge >= 0.3 is 0 Å². The predicted octanol–water partition coefficient (Wildman–Crippen LogP) is 3.17. The monoisotopic (exact) mass is 259 g/mol. The quantitative estimate of drug-likeness (QED) is 0.789. The molecular formula is C9H7BrClNO. The minimum atomic E-state index is 0. The third kappa shape index (κ3) is 1.92. The third-order valence-electron chi connectivity index (χ3n) is 1.65. The Morgan fingerprint density at radius 3 is 2.85 bits per heavy atom. The minimum absolute atomic E-state index is 0. The van der Waals surface area contributed by atoms with Gasteiger partial charge in [0.1, 0.15) is 11.3 Å². The minimum Gasteiger partial charge on any atom is -0.506 e. The van der Waals surface area contributed by atoms with Crippen LogP contribution in [0.4, 0.5) is 0 Å². The first-order valence-corrected chi connectivity index (χ1v) is 3.88. The zero-order chi connectivity index (χ0) is 8.55. The maximum atomic E-state index is 9.41. The smallest absolute Gasteiger partial charge is 0.143 e. The molecule has 68 valence electrons. The Labute approximate surface area is 90.9 Å². The fourth-order valence-corrected chi connectivity index (χ4v) is 1.36. The third-order valence-corrected chi connectivity index (χ3v) is 1.87. The molecule has 0 saturated heterocycles. The summed E-state index contributed by atoms with van der Waals surface area (Å²) in [5.74, 6) is 0.123. The van der Waals surface area contributed by atoms with Crippen LogP contribution in [0.3, 0.4) is 0 Å². The molecule has 1 N–H and O–H groups in total. The van der Waals surface area contributed by atoms with Gasteiger partial charge in [0.05, 0.1) is 0 Å². The molecule has 0 spiro atoms. The van der Waals surface area contributed by atoms with E-state index >= 15 is 0 Å². The van der Waals surface area contributed by atoms with E-state index in [-0.39, 0.29) is 22.7 Å². The van der Waals surface area contributed by atoms with Crippen molar-refractivity contribution in [1.29, 1.82) is 0 Å². The van der Waals surface area contributed by atoms with Crippen LogP contribution in [0, 0.1) is 0 Å². The number of hydrogen-bond donors (Lipinski definition) is 1. The highest BCUT2D eigenvalue weighted by Gasteiger charge is 2.00. The van der Waals surface area contributed by atoms with Gasteiger partial charge in [0.15, 0.2) is 0 Å². The molecule has 4 heteroatoms. The van der Waals surface area contributed by atoms with E-state index in [0.29, 0.717) is 10.5 Å². The number of phenols is 1. The second-order valence-corrected chi connectivity index (χ2v) is 2.94. The maximum absolute atomic E-state index is 9.41. The van der Waals surface area contributed by atoms with E-state index in [1.165, 1.54) is 6.07 Å². The number of pyridine rings is 1. The summed E-state index contributed by atoms with van der Waals surface area (Å²) in [5, 5.41) is 10.8. The van der Waals surface area contributed by atoms with Gasteiger partial charge in [0.2, 0.25) is 0 Å². The molecular weight excluding hydrogens is 253 g/mol. The number of benzene rings is 1. The average Bonchev–Trinajstić information content (AvgIpc) is 2.04. The second-order valence-electron chi connectivity index (χ2n) is 2.50. The summed E-state index contributed by atoms with van der Waals surface area (Å²) in [5.41, 5.74) is 0.585. The molecule has 0 atom stereocenters. The van der Waals surface area contributed by atoms with Crippen molar-refractivity contribution in [2.24, 2.45) is 0 Å². The molecule has 0 aliphatic heterocycles. The summed E-state index contributed by atoms with van der Waals surface area (Å²) < 4.78 is 0. The van der Waals surface area contributed by atoms with E-state index in [2.05, 4.69) is 4.98 Å². The maximum Gasteiger partial charge on any atom is 0.143 e. The highest BCUT2D eigenvalue weighted by atomic mass is 79.9. The van der Waals surface area contributed by atoms with Crippen molar-refractivity contribution in [1.82, 2.24) is 4.98 Å². The molecule has 0 saturated carbocycles. The van der Waals surface area contributed by atoms with Gasteiger partial charge in [-0.2, -0.15) is 0 Å². The lowest BCUT2D eigenvalue weighted by molar-refractivity contribution is 0.480. The SMILES string of the molecule is Br.Oc1cc(Cl)cc2cccnc12. The molecule has 0 unspecified atom stereocenters. The number of halogens is 2. The zero-order valence-electron chi connectivity index (χ0n) is 6.57. The number of nitrogens with zero attached hydrogens (tertiary/aromatic N) is 1. The fourth-order valence-electron chi connectivity index (χ4n) is 1.14. The molecule has 1 aromatic carbocycles. The number of aromatic nitrogens is 1. The highest BCUT2D eigenvalue weighted by molar-refractivity contribution is 8.93. The van der Waals surface area contributed by atoms with Crippen molar-refractivity contribution in [2.45, 2.75) is 0 Å². The largest absolute Gasteiger partial charge is 0.506 e. The van der Waals surface area contributed by atoms with Crippen LogP contribution in [0.1, 0.15) is 0 Å². The highest BCUT2D eigenvalue weighted by Crippen LogP contribution is 2.26. The lowest BCUT2D eigenvalue weighted by Gasteiger charge is -1.99. The Bertz CT molecular complexity index is 433. The van der Waals surface area contributed by atoms with E-state index in [4.69, 9.17) is 11.6 Å². The molecule has 1 heterocycles. The molecule has 0 radical (unpaired) electrons. The van der Waals surface area contributed by atoms with Crippen molar-refractivity contribution in [3.05, 3.63) is 35.5 Å². The topological polar surface area (TPSA) is 33.1 Å². The van der Waals surface area contributed by atoms with Crippen molar-refractivity contribution in [3.8, 4) is 5.75 Å². The Morgan fingerprint density at radius 1 is 1.31 bits per heavy atom. The van der Waals surface area contributed by atoms with Crippen LogP contribution in [-0.2, 0) is 0 Å². The second kappa shape index (κ2) is 3.94. The molecule has 2 aromatic rings. The average molecular weight is 261 g/mol. The number of aromatic hydroxyl groups is 1. The van der Waals surface area contributed by atoms with Gasteiger partial charge in [-0.25, -0.2) is 0 Å². The Kier molecular flexibility index (Phi) is 3.12. The fraction of sp³-hybridized carbons (Fsp3) is 0. The Morgan fingerprint density at radius 2 is 2.08 bits per heavy atom. The molecule has 1 aromatic heterocycles. The van der Waals surface area contributed by atoms with Crippen LogP contribution in [0.25, 0.3) is 10.9 Å². The van der Waals surface area contributed by atoms with Crippen LogP contribution in [0.2, 0.25) is 5.02 Å². The van der Waals surface area contributed by atoms with Crippen LogP contribution < -0.4 is 0 Å². The van der Waals surface area contributed by atoms with Gasteiger partial charge < -0.3 is 5.11 Å². The molecule has 0 amide bonds. The first-order valence-electron chi connectivity index (χ1n) is 3.50. The summed E-state index contributed by atoms with van der Waals surface area (Å²) in [7, 11) is 0. The van der Waals surface area contributed by atoms with Crippen molar-refractivity contribution in [3.63, 3.8) is 0 Å². The van der Waals surface area contributed by atoms with E-state index in [0.717, 1.165) is 5.39 Å². The van der Waals surface area contributed by atoms with Gasteiger partial charge in [0.25, 0.3) is 0 Å². The summed E-state index contributed by atoms with van der Waals surface area (Å²) in [6.07, 6.45) is 1.63. The summed E-state index contributed by atoms with van der Waals surface area (Å²) in [4.78, 5) is 4.01. The van der Waals surface area contributed by atoms with Crippen LogP contribution in [0.5, 0.6) is 5.75 Å². The molecule has 2 nitrogen and oxygen atoms in total. The normalized spacial score (nSPS) is 9.62. The van der Waals surface area contributed by atoms with Gasteiger partial charge in [-0.15, -0.1) is 17.0 Å². The lowest BCUT2D eigenvalue weighted by Crippen LogP contribution is -1.78. The van der Waals surface area contributed by atoms with Gasteiger partial charge in [-0.3, -0.25) is 4.98 Å². The summed E-state index contributed by atoms with van der Waals surface area (Å²) >= 11 is 5.74. The van der Waals surface area contributed by atoms with Crippen LogP contribution in [0.15, 0.2) is 30.5 Å². The number of rotatable bonds is 0. The molecule has 0 bridgehead atoms. The van der Waals surface area contributed by atoms with Gasteiger partial charge in [0, 0.05) is 22.7 Å². The Balaban J connectivity index is 0.000000845. The zero-order valence-corrected chi connectivity index (χ0v) is 9.04. The summed E-state index contributed by atoms with van der Waals surface area (Å²) in [6, 6.07) is 6.91. The lowest BCUT2D eigenvalue weighted by atomic mass is 10.2. The summed E-state index contributed by atoms with van der Waals surface area (Å²) in [6.45, 7) is 0. The van der Waals surface area contributed by atoms with Gasteiger partial charge in [-0.1, -0.05) is 17.7 Å². The van der Waals surface area contributed by atoms with Gasteiger partial charge in [-0.05, 0) is 12.1 Å². The van der Waals surface area contributed by atoms with Crippen LogP contribution in [-0.4, -0.2) is 10.1 Å². The number of phenolic OH excluding ortho intramolecular Hbond substituents is 1. The first kappa shape index (κ1) is 10.3. The van der Waals surface area contributed by atoms with E-state index in [1.807, 2.05) is 6.07 Å². The Hall–Kier alpha value is -0.800.